The van der Waals surface area contributed by atoms with Gasteiger partial charge in [0.2, 0.25) is 5.91 Å². The monoisotopic (exact) mass is 365 g/mol. The van der Waals surface area contributed by atoms with Gasteiger partial charge in [-0.2, -0.15) is 0 Å². The molecule has 0 rings (SSSR count). The van der Waals surface area contributed by atoms with Gasteiger partial charge in [0.25, 0.3) is 0 Å². The van der Waals surface area contributed by atoms with Crippen LogP contribution in [0.2, 0.25) is 0 Å². The molecule has 0 heterocycles. The van der Waals surface area contributed by atoms with Crippen molar-refractivity contribution in [3.05, 3.63) is 35.6 Å². The zero-order chi connectivity index (χ0) is 20.5. The molecule has 0 fully saturated rings. The van der Waals surface area contributed by atoms with Crippen LogP contribution >= 0.6 is 0 Å². The number of carbonyl (C=O) groups excluding carboxylic acids is 2. The molecule has 2 amide bonds. The lowest BCUT2D eigenvalue weighted by Crippen LogP contribution is -2.55. The molecule has 0 aliphatic carbocycles. The average Bonchev–Trinajstić information content (AvgIpc) is 2.47. The zero-order valence-electron chi connectivity index (χ0n) is 17.3. The van der Waals surface area contributed by atoms with Crippen molar-refractivity contribution in [3.8, 4) is 0 Å². The topological polar surface area (TPSA) is 84.7 Å². The Balaban J connectivity index is 4.79. The van der Waals surface area contributed by atoms with Crippen LogP contribution in [0.5, 0.6) is 0 Å². The second kappa shape index (κ2) is 10.7. The molecule has 6 heteroatoms. The van der Waals surface area contributed by atoms with Crippen LogP contribution in [-0.2, 0) is 9.53 Å². The number of likely N-dealkylation sites (N-methyl/N-ethyl adjacent to an activating group) is 1. The van der Waals surface area contributed by atoms with Crippen molar-refractivity contribution < 1.29 is 14.3 Å². The third kappa shape index (κ3) is 9.91. The molecule has 0 saturated carbocycles. The second-order valence-corrected chi connectivity index (χ2v) is 7.69. The lowest BCUT2D eigenvalue weighted by Gasteiger charge is -2.30. The van der Waals surface area contributed by atoms with Crippen LogP contribution < -0.4 is 11.1 Å². The lowest BCUT2D eigenvalue weighted by atomic mass is 10.0. The first-order chi connectivity index (χ1) is 11.8. The van der Waals surface area contributed by atoms with Crippen molar-refractivity contribution in [2.24, 2.45) is 11.7 Å². The minimum Gasteiger partial charge on any atom is -0.445 e. The molecule has 0 aromatic carbocycles. The highest BCUT2D eigenvalue weighted by Crippen LogP contribution is 2.11. The summed E-state index contributed by atoms with van der Waals surface area (Å²) in [6.45, 7) is 15.6. The number of ether oxygens (including phenoxy) is 1. The van der Waals surface area contributed by atoms with Gasteiger partial charge in [0.15, 0.2) is 0 Å². The van der Waals surface area contributed by atoms with E-state index in [1.54, 1.807) is 44.9 Å². The summed E-state index contributed by atoms with van der Waals surface area (Å²) in [4.78, 5) is 26.3. The molecule has 0 spiro atoms. The summed E-state index contributed by atoms with van der Waals surface area (Å²) in [5.74, 6) is 0.342. The van der Waals surface area contributed by atoms with Crippen molar-refractivity contribution >= 4 is 12.0 Å². The van der Waals surface area contributed by atoms with Crippen LogP contribution in [0.1, 0.15) is 48.0 Å². The van der Waals surface area contributed by atoms with Crippen molar-refractivity contribution in [3.63, 3.8) is 0 Å². The van der Waals surface area contributed by atoms with Gasteiger partial charge in [0.1, 0.15) is 12.1 Å². The predicted octanol–water partition coefficient (Wildman–Crippen LogP) is 3.36. The number of allylic oxidation sites excluding steroid dienone is 3. The molecule has 0 bridgehead atoms. The molecule has 0 aromatic heterocycles. The number of rotatable bonds is 9. The Morgan fingerprint density at radius 1 is 1.27 bits per heavy atom. The van der Waals surface area contributed by atoms with Gasteiger partial charge < -0.3 is 20.7 Å². The fourth-order valence-corrected chi connectivity index (χ4v) is 2.26. The van der Waals surface area contributed by atoms with E-state index in [-0.39, 0.29) is 12.5 Å². The van der Waals surface area contributed by atoms with Crippen LogP contribution in [0, 0.1) is 5.92 Å². The lowest BCUT2D eigenvalue weighted by molar-refractivity contribution is -0.135. The summed E-state index contributed by atoms with van der Waals surface area (Å²) in [5.41, 5.74) is 6.78. The number of alkyl carbamates (subject to hydrolysis) is 1. The largest absolute Gasteiger partial charge is 0.445 e. The summed E-state index contributed by atoms with van der Waals surface area (Å²) < 4.78 is 5.24. The molecule has 3 N–H and O–H groups in total. The third-order valence-corrected chi connectivity index (χ3v) is 3.55. The predicted molar refractivity (Wildman–Crippen MR) is 106 cm³/mol. The zero-order valence-corrected chi connectivity index (χ0v) is 17.3. The van der Waals surface area contributed by atoms with Gasteiger partial charge in [-0.1, -0.05) is 32.1 Å². The van der Waals surface area contributed by atoms with E-state index in [0.29, 0.717) is 18.2 Å². The van der Waals surface area contributed by atoms with Gasteiger partial charge in [0, 0.05) is 19.3 Å². The molecule has 0 radical (unpaired) electrons. The fourth-order valence-electron chi connectivity index (χ4n) is 2.26. The van der Waals surface area contributed by atoms with Crippen LogP contribution in [0.15, 0.2) is 35.6 Å². The minimum absolute atomic E-state index is 0.0424. The molecule has 148 valence electrons. The summed E-state index contributed by atoms with van der Waals surface area (Å²) >= 11 is 0. The number of nitrogens with one attached hydrogen (secondary N) is 1. The molecule has 0 aromatic rings. The summed E-state index contributed by atoms with van der Waals surface area (Å²) in [6.07, 6.45) is 3.76. The van der Waals surface area contributed by atoms with Gasteiger partial charge in [0.05, 0.1) is 0 Å². The van der Waals surface area contributed by atoms with Crippen LogP contribution in [0.4, 0.5) is 4.79 Å². The Morgan fingerprint density at radius 2 is 1.85 bits per heavy atom. The van der Waals surface area contributed by atoms with Gasteiger partial charge in [-0.05, 0) is 51.7 Å². The molecule has 26 heavy (non-hydrogen) atoms. The minimum atomic E-state index is -1.05. The second-order valence-electron chi connectivity index (χ2n) is 7.69. The Morgan fingerprint density at radius 3 is 2.31 bits per heavy atom. The summed E-state index contributed by atoms with van der Waals surface area (Å²) in [5, 5.41) is 2.63. The highest BCUT2D eigenvalue weighted by atomic mass is 16.5. The summed E-state index contributed by atoms with van der Waals surface area (Å²) in [6, 6.07) is 0. The van der Waals surface area contributed by atoms with Crippen molar-refractivity contribution in [1.29, 1.82) is 0 Å². The van der Waals surface area contributed by atoms with E-state index in [9.17, 15) is 9.59 Å². The van der Waals surface area contributed by atoms with Crippen LogP contribution in [0.25, 0.3) is 0 Å². The van der Waals surface area contributed by atoms with Gasteiger partial charge in [-0.25, -0.2) is 4.79 Å². The number of hydrogen-bond acceptors (Lipinski definition) is 4. The quantitative estimate of drug-likeness (QED) is 0.614. The first-order valence-electron chi connectivity index (χ1n) is 8.85. The Bertz CT molecular complexity index is 571. The number of nitrogens with two attached hydrogens (primary N) is 1. The standard InChI is InChI=1S/C20H35N3O3/c1-14(2)9-10-23(8)18(24)20(6,7)22-19(25)26-13-17(11-15(3)4)12-16(5)21/h11-12,14H,3,9-10,13,21H2,1-2,4-8H3,(H,22,25)/b16-12-,17-11+. The molecular weight excluding hydrogens is 330 g/mol. The average molecular weight is 366 g/mol. The SMILES string of the molecule is C=C(C)/C=C(\C=C(\C)N)COC(=O)NC(C)(C)C(=O)N(C)CCC(C)C. The summed E-state index contributed by atoms with van der Waals surface area (Å²) in [7, 11) is 1.74. The van der Waals surface area contributed by atoms with Crippen molar-refractivity contribution in [2.45, 2.75) is 53.5 Å². The van der Waals surface area contributed by atoms with E-state index in [0.717, 1.165) is 17.6 Å². The van der Waals surface area contributed by atoms with Crippen molar-refractivity contribution in [2.75, 3.05) is 20.2 Å². The number of nitrogens with zero attached hydrogens (tertiary/aromatic N) is 1. The smallest absolute Gasteiger partial charge is 0.408 e. The molecular formula is C20H35N3O3. The Hall–Kier alpha value is -2.24. The molecule has 0 aliphatic heterocycles. The molecule has 0 saturated heterocycles. The van der Waals surface area contributed by atoms with Crippen LogP contribution in [-0.4, -0.2) is 42.6 Å². The number of hydrogen-bond donors (Lipinski definition) is 2. The van der Waals surface area contributed by atoms with E-state index in [1.165, 1.54) is 0 Å². The first-order valence-corrected chi connectivity index (χ1v) is 8.85. The maximum absolute atomic E-state index is 12.5. The van der Waals surface area contributed by atoms with E-state index in [1.807, 2.05) is 6.92 Å². The Labute approximate surface area is 158 Å². The fraction of sp³-hybridized carbons (Fsp3) is 0.600. The molecule has 6 nitrogen and oxygen atoms in total. The van der Waals surface area contributed by atoms with Crippen molar-refractivity contribution in [1.82, 2.24) is 10.2 Å². The van der Waals surface area contributed by atoms with Gasteiger partial charge in [-0.15, -0.1) is 0 Å². The van der Waals surface area contributed by atoms with E-state index < -0.39 is 11.6 Å². The van der Waals surface area contributed by atoms with E-state index in [4.69, 9.17) is 10.5 Å². The van der Waals surface area contributed by atoms with E-state index >= 15 is 0 Å². The number of amides is 2. The third-order valence-electron chi connectivity index (χ3n) is 3.55. The Kier molecular flexibility index (Phi) is 9.76. The number of carbonyl (C=O) groups is 2. The highest BCUT2D eigenvalue weighted by molar-refractivity contribution is 5.89. The maximum atomic E-state index is 12.5. The maximum Gasteiger partial charge on any atom is 0.408 e. The van der Waals surface area contributed by atoms with E-state index in [2.05, 4.69) is 25.7 Å². The molecule has 0 atom stereocenters. The van der Waals surface area contributed by atoms with Gasteiger partial charge >= 0.3 is 6.09 Å². The molecule has 0 aliphatic rings. The highest BCUT2D eigenvalue weighted by Gasteiger charge is 2.32. The van der Waals surface area contributed by atoms with Gasteiger partial charge in [-0.3, -0.25) is 4.79 Å². The molecule has 0 unspecified atom stereocenters. The van der Waals surface area contributed by atoms with Crippen LogP contribution in [0.3, 0.4) is 0 Å². The normalized spacial score (nSPS) is 12.8. The first kappa shape index (κ1) is 23.8.